The van der Waals surface area contributed by atoms with Crippen molar-refractivity contribution >= 4 is 5.91 Å². The number of carbonyl (C=O) groups is 1. The molecule has 0 aromatic rings. The van der Waals surface area contributed by atoms with Gasteiger partial charge in [0.15, 0.2) is 0 Å². The molecular formula is C12H20F2N2O. The van der Waals surface area contributed by atoms with Gasteiger partial charge >= 0.3 is 0 Å². The molecule has 1 heterocycles. The van der Waals surface area contributed by atoms with Gasteiger partial charge in [-0.25, -0.2) is 8.78 Å². The molecule has 5 heteroatoms. The molecule has 1 amide bonds. The van der Waals surface area contributed by atoms with E-state index in [1.54, 1.807) is 4.90 Å². The van der Waals surface area contributed by atoms with Gasteiger partial charge in [0.25, 0.3) is 0 Å². The van der Waals surface area contributed by atoms with E-state index >= 15 is 0 Å². The quantitative estimate of drug-likeness (QED) is 0.762. The highest BCUT2D eigenvalue weighted by Crippen LogP contribution is 2.37. The van der Waals surface area contributed by atoms with Crippen molar-refractivity contribution in [1.29, 1.82) is 0 Å². The Hall–Kier alpha value is -0.710. The number of amides is 1. The first-order valence-corrected chi connectivity index (χ1v) is 6.38. The summed E-state index contributed by atoms with van der Waals surface area (Å²) in [5.41, 5.74) is 0. The van der Waals surface area contributed by atoms with Crippen molar-refractivity contribution in [2.24, 2.45) is 5.92 Å². The van der Waals surface area contributed by atoms with Gasteiger partial charge in [-0.3, -0.25) is 4.79 Å². The summed E-state index contributed by atoms with van der Waals surface area (Å²) in [6.07, 6.45) is 0.761. The summed E-state index contributed by atoms with van der Waals surface area (Å²) in [6.45, 7) is 4.05. The lowest BCUT2D eigenvalue weighted by Crippen LogP contribution is -2.53. The highest BCUT2D eigenvalue weighted by Gasteiger charge is 2.40. The van der Waals surface area contributed by atoms with Crippen LogP contribution in [0, 0.1) is 5.92 Å². The van der Waals surface area contributed by atoms with Crippen LogP contribution in [-0.2, 0) is 4.79 Å². The molecule has 2 aliphatic rings. The zero-order chi connectivity index (χ0) is 12.5. The number of carbonyl (C=O) groups excluding carboxylic acids is 1. The summed E-state index contributed by atoms with van der Waals surface area (Å²) >= 11 is 0. The molecule has 2 rings (SSSR count). The fraction of sp³-hybridized carbons (Fsp3) is 0.917. The molecule has 2 unspecified atom stereocenters. The van der Waals surface area contributed by atoms with Gasteiger partial charge in [0.2, 0.25) is 11.8 Å². The predicted molar refractivity (Wildman–Crippen MR) is 60.9 cm³/mol. The minimum absolute atomic E-state index is 0.0608. The largest absolute Gasteiger partial charge is 0.340 e. The van der Waals surface area contributed by atoms with E-state index in [9.17, 15) is 13.6 Å². The molecule has 2 atom stereocenters. The molecule has 0 radical (unpaired) electrons. The average Bonchev–Trinajstić information content (AvgIpc) is 2.26. The molecule has 0 aromatic heterocycles. The Morgan fingerprint density at radius 3 is 2.88 bits per heavy atom. The monoisotopic (exact) mass is 246 g/mol. The van der Waals surface area contributed by atoms with Gasteiger partial charge in [-0.05, 0) is 19.8 Å². The molecule has 1 aliphatic carbocycles. The third kappa shape index (κ3) is 3.15. The molecule has 0 spiro atoms. The Bertz CT molecular complexity index is 296. The lowest BCUT2D eigenvalue weighted by Gasteiger charge is -2.36. The van der Waals surface area contributed by atoms with Crippen molar-refractivity contribution in [3.63, 3.8) is 0 Å². The van der Waals surface area contributed by atoms with E-state index < -0.39 is 11.8 Å². The third-order valence-electron chi connectivity index (χ3n) is 3.67. The Labute approximate surface area is 101 Å². The van der Waals surface area contributed by atoms with E-state index in [1.165, 1.54) is 0 Å². The molecule has 1 saturated heterocycles. The van der Waals surface area contributed by atoms with Crippen LogP contribution in [0.3, 0.4) is 0 Å². The van der Waals surface area contributed by atoms with Crippen LogP contribution in [0.1, 0.15) is 32.6 Å². The van der Waals surface area contributed by atoms with Gasteiger partial charge in [-0.15, -0.1) is 0 Å². The van der Waals surface area contributed by atoms with Crippen LogP contribution < -0.4 is 5.32 Å². The second kappa shape index (κ2) is 4.88. The van der Waals surface area contributed by atoms with Crippen molar-refractivity contribution in [1.82, 2.24) is 10.2 Å². The van der Waals surface area contributed by atoms with Crippen molar-refractivity contribution < 1.29 is 13.6 Å². The molecule has 17 heavy (non-hydrogen) atoms. The predicted octanol–water partition coefficient (Wildman–Crippen LogP) is 1.63. The van der Waals surface area contributed by atoms with E-state index in [1.807, 2.05) is 6.92 Å². The normalized spacial score (nSPS) is 33.5. The van der Waals surface area contributed by atoms with Gasteiger partial charge in [-0.2, -0.15) is 0 Å². The Balaban J connectivity index is 1.94. The Morgan fingerprint density at radius 2 is 2.24 bits per heavy atom. The fourth-order valence-corrected chi connectivity index (χ4v) is 2.77. The number of nitrogens with zero attached hydrogens (tertiary/aromatic N) is 1. The smallest absolute Gasteiger partial charge is 0.248 e. The molecule has 1 N–H and O–H groups in total. The number of hydrogen-bond donors (Lipinski definition) is 1. The highest BCUT2D eigenvalue weighted by atomic mass is 19.3. The van der Waals surface area contributed by atoms with E-state index in [4.69, 9.17) is 0 Å². The second-order valence-electron chi connectivity index (χ2n) is 5.29. The van der Waals surface area contributed by atoms with Crippen LogP contribution in [0.25, 0.3) is 0 Å². The number of rotatable bonds is 1. The van der Waals surface area contributed by atoms with E-state index in [0.29, 0.717) is 25.9 Å². The van der Waals surface area contributed by atoms with E-state index in [2.05, 4.69) is 5.32 Å². The number of piperazine rings is 1. The number of nitrogens with one attached hydrogen (secondary N) is 1. The molecule has 0 aromatic carbocycles. The summed E-state index contributed by atoms with van der Waals surface area (Å²) < 4.78 is 26.6. The molecular weight excluding hydrogens is 226 g/mol. The SMILES string of the molecule is CC1CN(C(=O)C2CCCC(F)(F)C2)CCN1. The van der Waals surface area contributed by atoms with Crippen molar-refractivity contribution in [2.75, 3.05) is 19.6 Å². The minimum Gasteiger partial charge on any atom is -0.340 e. The average molecular weight is 246 g/mol. The van der Waals surface area contributed by atoms with Gasteiger partial charge < -0.3 is 10.2 Å². The second-order valence-corrected chi connectivity index (χ2v) is 5.29. The zero-order valence-electron chi connectivity index (χ0n) is 10.2. The number of alkyl halides is 2. The van der Waals surface area contributed by atoms with E-state index in [-0.39, 0.29) is 24.8 Å². The third-order valence-corrected chi connectivity index (χ3v) is 3.67. The summed E-state index contributed by atoms with van der Waals surface area (Å²) in [7, 11) is 0. The van der Waals surface area contributed by atoms with Crippen LogP contribution >= 0.6 is 0 Å². The van der Waals surface area contributed by atoms with Gasteiger partial charge in [0.05, 0.1) is 0 Å². The summed E-state index contributed by atoms with van der Waals surface area (Å²) in [4.78, 5) is 13.9. The molecule has 0 bridgehead atoms. The summed E-state index contributed by atoms with van der Waals surface area (Å²) in [5.74, 6) is -3.18. The standard InChI is InChI=1S/C12H20F2N2O/c1-9-8-16(6-5-15-9)11(17)10-3-2-4-12(13,14)7-10/h9-10,15H,2-8H2,1H3. The Kier molecular flexibility index (Phi) is 3.66. The summed E-state index contributed by atoms with van der Waals surface area (Å²) in [5, 5.41) is 3.24. The van der Waals surface area contributed by atoms with Gasteiger partial charge in [0, 0.05) is 44.4 Å². The molecule has 98 valence electrons. The molecule has 1 aliphatic heterocycles. The number of halogens is 2. The first kappa shape index (κ1) is 12.7. The van der Waals surface area contributed by atoms with Crippen molar-refractivity contribution in [2.45, 2.75) is 44.6 Å². The molecule has 2 fully saturated rings. The lowest BCUT2D eigenvalue weighted by molar-refractivity contribution is -0.143. The van der Waals surface area contributed by atoms with Crippen LogP contribution in [-0.4, -0.2) is 42.4 Å². The Morgan fingerprint density at radius 1 is 1.47 bits per heavy atom. The fourth-order valence-electron chi connectivity index (χ4n) is 2.77. The maximum absolute atomic E-state index is 13.3. The molecule has 3 nitrogen and oxygen atoms in total. The maximum atomic E-state index is 13.3. The maximum Gasteiger partial charge on any atom is 0.248 e. The van der Waals surface area contributed by atoms with Crippen molar-refractivity contribution in [3.05, 3.63) is 0 Å². The van der Waals surface area contributed by atoms with Gasteiger partial charge in [-0.1, -0.05) is 0 Å². The lowest BCUT2D eigenvalue weighted by atomic mass is 9.85. The first-order chi connectivity index (χ1) is 7.98. The van der Waals surface area contributed by atoms with Crippen molar-refractivity contribution in [3.8, 4) is 0 Å². The van der Waals surface area contributed by atoms with Gasteiger partial charge in [0.1, 0.15) is 0 Å². The van der Waals surface area contributed by atoms with Crippen LogP contribution in [0.15, 0.2) is 0 Å². The van der Waals surface area contributed by atoms with Crippen LogP contribution in [0.5, 0.6) is 0 Å². The number of hydrogen-bond acceptors (Lipinski definition) is 2. The van der Waals surface area contributed by atoms with Crippen LogP contribution in [0.4, 0.5) is 8.78 Å². The minimum atomic E-state index is -2.64. The molecule has 1 saturated carbocycles. The zero-order valence-corrected chi connectivity index (χ0v) is 10.2. The van der Waals surface area contributed by atoms with Crippen LogP contribution in [0.2, 0.25) is 0 Å². The topological polar surface area (TPSA) is 32.3 Å². The summed E-state index contributed by atoms with van der Waals surface area (Å²) in [6, 6.07) is 0.261. The first-order valence-electron chi connectivity index (χ1n) is 6.38. The van der Waals surface area contributed by atoms with E-state index in [0.717, 1.165) is 6.54 Å². The highest BCUT2D eigenvalue weighted by molar-refractivity contribution is 5.79.